The summed E-state index contributed by atoms with van der Waals surface area (Å²) in [6.07, 6.45) is 1.76. The number of fused-ring (bicyclic) bond motifs is 6. The standard InChI is InChI=1S/C25H19N3O/c1-15(2)28-21-13-12-16-7-3-4-8-17(16)22(21)27-24(28)20-10-5-9-18-19-11-6-14-26-25(19)29-23(18)20/h3-15H,1-2H3. The fourth-order valence-electron chi connectivity index (χ4n) is 4.35. The smallest absolute Gasteiger partial charge is 0.227 e. The van der Waals surface area contributed by atoms with E-state index in [2.05, 4.69) is 84.1 Å². The summed E-state index contributed by atoms with van der Waals surface area (Å²) in [6.45, 7) is 4.39. The number of para-hydroxylation sites is 1. The number of furan rings is 1. The third-order valence-electron chi connectivity index (χ3n) is 5.62. The largest absolute Gasteiger partial charge is 0.437 e. The van der Waals surface area contributed by atoms with Gasteiger partial charge in [-0.3, -0.25) is 0 Å². The van der Waals surface area contributed by atoms with Gasteiger partial charge in [0.2, 0.25) is 5.71 Å². The van der Waals surface area contributed by atoms with Gasteiger partial charge in [0, 0.05) is 28.4 Å². The average Bonchev–Trinajstić information content (AvgIpc) is 3.32. The minimum atomic E-state index is 0.258. The highest BCUT2D eigenvalue weighted by Crippen LogP contribution is 2.38. The number of hydrogen-bond donors (Lipinski definition) is 0. The molecular weight excluding hydrogens is 358 g/mol. The van der Waals surface area contributed by atoms with Crippen molar-refractivity contribution in [1.29, 1.82) is 0 Å². The van der Waals surface area contributed by atoms with E-state index in [0.29, 0.717) is 5.71 Å². The molecule has 0 saturated carbocycles. The van der Waals surface area contributed by atoms with Crippen LogP contribution in [0.15, 0.2) is 77.3 Å². The van der Waals surface area contributed by atoms with Crippen molar-refractivity contribution in [3.63, 3.8) is 0 Å². The average molecular weight is 377 g/mol. The van der Waals surface area contributed by atoms with E-state index < -0.39 is 0 Å². The quantitative estimate of drug-likeness (QED) is 0.336. The fourth-order valence-corrected chi connectivity index (χ4v) is 4.35. The Kier molecular flexibility index (Phi) is 3.33. The molecule has 29 heavy (non-hydrogen) atoms. The Morgan fingerprint density at radius 1 is 0.828 bits per heavy atom. The van der Waals surface area contributed by atoms with Crippen molar-refractivity contribution in [1.82, 2.24) is 14.5 Å². The van der Waals surface area contributed by atoms with Crippen molar-refractivity contribution in [2.75, 3.05) is 0 Å². The highest BCUT2D eigenvalue weighted by atomic mass is 16.3. The van der Waals surface area contributed by atoms with E-state index in [1.54, 1.807) is 6.20 Å². The van der Waals surface area contributed by atoms with Crippen LogP contribution in [0.2, 0.25) is 0 Å². The van der Waals surface area contributed by atoms with Crippen LogP contribution >= 0.6 is 0 Å². The van der Waals surface area contributed by atoms with E-state index in [1.807, 2.05) is 6.07 Å². The third-order valence-corrected chi connectivity index (χ3v) is 5.62. The summed E-state index contributed by atoms with van der Waals surface area (Å²) in [5.41, 5.74) is 4.66. The van der Waals surface area contributed by atoms with Gasteiger partial charge in [-0.05, 0) is 43.5 Å². The van der Waals surface area contributed by atoms with Crippen LogP contribution in [0.4, 0.5) is 0 Å². The minimum absolute atomic E-state index is 0.258. The zero-order chi connectivity index (χ0) is 19.5. The van der Waals surface area contributed by atoms with Crippen molar-refractivity contribution in [3.05, 3.63) is 72.9 Å². The van der Waals surface area contributed by atoms with Crippen LogP contribution in [0.1, 0.15) is 19.9 Å². The van der Waals surface area contributed by atoms with E-state index in [-0.39, 0.29) is 6.04 Å². The van der Waals surface area contributed by atoms with Gasteiger partial charge in [0.15, 0.2) is 0 Å². The van der Waals surface area contributed by atoms with Gasteiger partial charge >= 0.3 is 0 Å². The molecular formula is C25H19N3O. The molecule has 0 bridgehead atoms. The molecule has 0 aliphatic rings. The predicted molar refractivity (Wildman–Crippen MR) is 118 cm³/mol. The number of imidazole rings is 1. The molecule has 0 saturated heterocycles. The van der Waals surface area contributed by atoms with E-state index in [1.165, 1.54) is 10.8 Å². The lowest BCUT2D eigenvalue weighted by Gasteiger charge is -2.13. The normalized spacial score (nSPS) is 12.1. The van der Waals surface area contributed by atoms with Crippen LogP contribution < -0.4 is 0 Å². The van der Waals surface area contributed by atoms with Gasteiger partial charge in [-0.1, -0.05) is 42.5 Å². The number of benzene rings is 3. The maximum atomic E-state index is 6.19. The highest BCUT2D eigenvalue weighted by molar-refractivity contribution is 6.10. The van der Waals surface area contributed by atoms with Crippen LogP contribution in [0.5, 0.6) is 0 Å². The fraction of sp³-hybridized carbons (Fsp3) is 0.120. The summed E-state index contributed by atoms with van der Waals surface area (Å²) in [4.78, 5) is 9.54. The van der Waals surface area contributed by atoms with Gasteiger partial charge in [0.1, 0.15) is 11.4 Å². The van der Waals surface area contributed by atoms with E-state index in [0.717, 1.165) is 38.8 Å². The van der Waals surface area contributed by atoms with Crippen LogP contribution in [0, 0.1) is 0 Å². The summed E-state index contributed by atoms with van der Waals surface area (Å²) in [5, 5.41) is 4.47. The van der Waals surface area contributed by atoms with Gasteiger partial charge in [-0.15, -0.1) is 0 Å². The minimum Gasteiger partial charge on any atom is -0.437 e. The van der Waals surface area contributed by atoms with Crippen molar-refractivity contribution < 1.29 is 4.42 Å². The maximum absolute atomic E-state index is 6.19. The summed E-state index contributed by atoms with van der Waals surface area (Å²) in [6, 6.07) is 23.3. The zero-order valence-corrected chi connectivity index (χ0v) is 16.3. The molecule has 4 nitrogen and oxygen atoms in total. The van der Waals surface area contributed by atoms with Gasteiger partial charge in [-0.2, -0.15) is 0 Å². The Balaban J connectivity index is 1.75. The first kappa shape index (κ1) is 16.3. The number of pyridine rings is 1. The first-order chi connectivity index (χ1) is 14.2. The molecule has 3 aromatic heterocycles. The van der Waals surface area contributed by atoms with Crippen LogP contribution in [-0.2, 0) is 0 Å². The Morgan fingerprint density at radius 2 is 1.66 bits per heavy atom. The number of hydrogen-bond acceptors (Lipinski definition) is 3. The lowest BCUT2D eigenvalue weighted by Crippen LogP contribution is -2.03. The molecule has 0 aliphatic carbocycles. The third kappa shape index (κ3) is 2.26. The Hall–Kier alpha value is -3.66. The van der Waals surface area contributed by atoms with Crippen LogP contribution in [-0.4, -0.2) is 14.5 Å². The monoisotopic (exact) mass is 377 g/mol. The van der Waals surface area contributed by atoms with Crippen molar-refractivity contribution in [3.8, 4) is 11.4 Å². The molecule has 0 fully saturated rings. The molecule has 0 spiro atoms. The highest BCUT2D eigenvalue weighted by Gasteiger charge is 2.20. The predicted octanol–water partition coefficient (Wildman–Crippen LogP) is 6.73. The van der Waals surface area contributed by atoms with Crippen molar-refractivity contribution in [2.45, 2.75) is 19.9 Å². The van der Waals surface area contributed by atoms with Crippen LogP contribution in [0.25, 0.3) is 55.3 Å². The molecule has 0 amide bonds. The molecule has 0 atom stereocenters. The molecule has 6 aromatic rings. The van der Waals surface area contributed by atoms with Crippen LogP contribution in [0.3, 0.4) is 0 Å². The van der Waals surface area contributed by atoms with Crippen molar-refractivity contribution >= 4 is 43.9 Å². The maximum Gasteiger partial charge on any atom is 0.227 e. The molecule has 0 N–H and O–H groups in total. The zero-order valence-electron chi connectivity index (χ0n) is 16.3. The molecule has 3 heterocycles. The van der Waals surface area contributed by atoms with E-state index in [9.17, 15) is 0 Å². The van der Waals surface area contributed by atoms with E-state index in [4.69, 9.17) is 9.40 Å². The summed E-state index contributed by atoms with van der Waals surface area (Å²) >= 11 is 0. The van der Waals surface area contributed by atoms with Gasteiger partial charge in [0.25, 0.3) is 0 Å². The topological polar surface area (TPSA) is 43.9 Å². The first-order valence-corrected chi connectivity index (χ1v) is 9.88. The molecule has 6 rings (SSSR count). The Bertz CT molecular complexity index is 1540. The van der Waals surface area contributed by atoms with Crippen molar-refractivity contribution in [2.24, 2.45) is 0 Å². The summed E-state index contributed by atoms with van der Waals surface area (Å²) < 4.78 is 8.49. The summed E-state index contributed by atoms with van der Waals surface area (Å²) in [5.74, 6) is 0.927. The number of nitrogens with zero attached hydrogens (tertiary/aromatic N) is 3. The molecule has 4 heteroatoms. The lowest BCUT2D eigenvalue weighted by molar-refractivity contribution is 0.621. The second kappa shape index (κ2) is 5.92. The second-order valence-electron chi connectivity index (χ2n) is 7.69. The molecule has 0 aliphatic heterocycles. The Labute approximate surface area is 167 Å². The second-order valence-corrected chi connectivity index (χ2v) is 7.69. The first-order valence-electron chi connectivity index (χ1n) is 9.88. The molecule has 0 radical (unpaired) electrons. The van der Waals surface area contributed by atoms with E-state index >= 15 is 0 Å². The van der Waals surface area contributed by atoms with Gasteiger partial charge in [0.05, 0.1) is 16.6 Å². The SMILES string of the molecule is CC(C)n1c(-c2cccc3c2oc2ncccc23)nc2c3ccccc3ccc21. The number of rotatable bonds is 2. The Morgan fingerprint density at radius 3 is 2.55 bits per heavy atom. The number of aromatic nitrogens is 3. The van der Waals surface area contributed by atoms with Gasteiger partial charge < -0.3 is 8.98 Å². The lowest BCUT2D eigenvalue weighted by atomic mass is 10.1. The molecule has 140 valence electrons. The summed E-state index contributed by atoms with van der Waals surface area (Å²) in [7, 11) is 0. The molecule has 0 unspecified atom stereocenters. The molecule has 3 aromatic carbocycles. The van der Waals surface area contributed by atoms with Gasteiger partial charge in [-0.25, -0.2) is 9.97 Å².